The number of rotatable bonds is 10. The minimum atomic E-state index is -5.00. The van der Waals surface area contributed by atoms with Crippen LogP contribution >= 0.6 is 0 Å². The van der Waals surface area contributed by atoms with Crippen LogP contribution in [0, 0.1) is 17.8 Å². The van der Waals surface area contributed by atoms with Gasteiger partial charge in [0.25, 0.3) is 0 Å². The predicted molar refractivity (Wildman–Crippen MR) is 122 cm³/mol. The van der Waals surface area contributed by atoms with Crippen molar-refractivity contribution < 1.29 is 22.3 Å². The average Bonchev–Trinajstić information content (AvgIpc) is 2.79. The summed E-state index contributed by atoms with van der Waals surface area (Å²) in [5, 5.41) is 0. The molecule has 2 fully saturated rings. The Balaban J connectivity index is 1.33. The quantitative estimate of drug-likeness (QED) is 0.252. The summed E-state index contributed by atoms with van der Waals surface area (Å²) in [5.74, 6) is 3.10. The molecule has 0 amide bonds. The van der Waals surface area contributed by atoms with Crippen LogP contribution in [0.4, 0.5) is 17.6 Å². The summed E-state index contributed by atoms with van der Waals surface area (Å²) < 4.78 is 54.3. The molecule has 0 bridgehead atoms. The number of ether oxygens (including phenoxy) is 1. The number of hydrogen-bond acceptors (Lipinski definition) is 1. The van der Waals surface area contributed by atoms with Crippen molar-refractivity contribution >= 4 is 0 Å². The maximum absolute atomic E-state index is 13.0. The molecule has 182 valence electrons. The summed E-state index contributed by atoms with van der Waals surface area (Å²) in [7, 11) is 0. The van der Waals surface area contributed by atoms with Crippen LogP contribution in [-0.4, -0.2) is 12.5 Å². The highest BCUT2D eigenvalue weighted by Gasteiger charge is 2.42. The molecule has 0 N–H and O–H groups in total. The first-order valence-electron chi connectivity index (χ1n) is 12.8. The molecule has 0 radical (unpaired) electrons. The second-order valence-corrected chi connectivity index (χ2v) is 10.2. The molecule has 1 unspecified atom stereocenters. The highest BCUT2D eigenvalue weighted by atomic mass is 19.4. The highest BCUT2D eigenvalue weighted by Crippen LogP contribution is 2.40. The van der Waals surface area contributed by atoms with Gasteiger partial charge in [0.1, 0.15) is 5.75 Å². The molecule has 5 heteroatoms. The molecule has 1 atom stereocenters. The molecule has 0 spiro atoms. The van der Waals surface area contributed by atoms with Gasteiger partial charge in [-0.2, -0.15) is 17.6 Å². The van der Waals surface area contributed by atoms with Gasteiger partial charge in [-0.3, -0.25) is 0 Å². The number of benzene rings is 1. The van der Waals surface area contributed by atoms with E-state index in [1.165, 1.54) is 89.2 Å². The third-order valence-corrected chi connectivity index (χ3v) is 7.86. The zero-order valence-electron chi connectivity index (χ0n) is 19.5. The Bertz CT molecular complexity index is 641. The van der Waals surface area contributed by atoms with Crippen molar-refractivity contribution in [3.63, 3.8) is 0 Å². The molecule has 0 heterocycles. The summed E-state index contributed by atoms with van der Waals surface area (Å²) in [6.45, 7) is 2.28. The van der Waals surface area contributed by atoms with Crippen molar-refractivity contribution in [2.45, 2.75) is 115 Å². The average molecular weight is 457 g/mol. The molecule has 0 aromatic heterocycles. The minimum absolute atomic E-state index is 0.0765. The lowest BCUT2D eigenvalue weighted by Gasteiger charge is -2.32. The lowest BCUT2D eigenvalue weighted by atomic mass is 9.74. The topological polar surface area (TPSA) is 9.23 Å². The molecule has 2 saturated carbocycles. The standard InChI is InChI=1S/C27H40F4O/c1-2-3-4-5-20-6-8-21(9-7-20)10-11-22-12-14-23(15-13-22)24-16-18-25(19-17-24)32-26(28)27(29,30)31/h16-23,26H,2-15H2,1H3/t20-,21-,22-,23-,26?. The fraction of sp³-hybridized carbons (Fsp3) is 0.778. The van der Waals surface area contributed by atoms with E-state index in [2.05, 4.69) is 11.7 Å². The fourth-order valence-corrected chi connectivity index (χ4v) is 5.75. The van der Waals surface area contributed by atoms with E-state index in [9.17, 15) is 17.6 Å². The smallest absolute Gasteiger partial charge is 0.452 e. The van der Waals surface area contributed by atoms with Gasteiger partial charge in [-0.15, -0.1) is 0 Å². The molecule has 32 heavy (non-hydrogen) atoms. The van der Waals surface area contributed by atoms with Crippen LogP contribution in [0.15, 0.2) is 24.3 Å². The molecule has 0 aliphatic heterocycles. The van der Waals surface area contributed by atoms with E-state index in [0.717, 1.165) is 36.2 Å². The summed E-state index contributed by atoms with van der Waals surface area (Å²) in [4.78, 5) is 0. The van der Waals surface area contributed by atoms with Gasteiger partial charge in [-0.05, 0) is 67.1 Å². The van der Waals surface area contributed by atoms with Gasteiger partial charge in [0.15, 0.2) is 0 Å². The Labute approximate surface area is 191 Å². The molecule has 3 rings (SSSR count). The molecule has 0 saturated heterocycles. The normalized spacial score (nSPS) is 27.8. The van der Waals surface area contributed by atoms with Crippen LogP contribution in [0.2, 0.25) is 0 Å². The Hall–Kier alpha value is -1.26. The first-order valence-corrected chi connectivity index (χ1v) is 12.8. The second kappa shape index (κ2) is 12.3. The SMILES string of the molecule is CCCCC[C@H]1CC[C@H](CC[C@H]2CC[C@H](c3ccc(OC(F)C(F)(F)F)cc3)CC2)CC1. The fourth-order valence-electron chi connectivity index (χ4n) is 5.75. The van der Waals surface area contributed by atoms with Crippen LogP contribution in [0.3, 0.4) is 0 Å². The number of unbranched alkanes of at least 4 members (excludes halogenated alkanes) is 2. The van der Waals surface area contributed by atoms with Crippen LogP contribution in [0.25, 0.3) is 0 Å². The van der Waals surface area contributed by atoms with E-state index < -0.39 is 12.5 Å². The maximum atomic E-state index is 13.0. The van der Waals surface area contributed by atoms with Crippen molar-refractivity contribution in [2.24, 2.45) is 17.8 Å². The summed E-state index contributed by atoms with van der Waals surface area (Å²) >= 11 is 0. The predicted octanol–water partition coefficient (Wildman–Crippen LogP) is 9.36. The van der Waals surface area contributed by atoms with Gasteiger partial charge in [0, 0.05) is 0 Å². The van der Waals surface area contributed by atoms with E-state index in [0.29, 0.717) is 5.92 Å². The third-order valence-electron chi connectivity index (χ3n) is 7.86. The monoisotopic (exact) mass is 456 g/mol. The lowest BCUT2D eigenvalue weighted by molar-refractivity contribution is -0.236. The molecular weight excluding hydrogens is 416 g/mol. The third kappa shape index (κ3) is 7.95. The zero-order valence-corrected chi connectivity index (χ0v) is 19.5. The van der Waals surface area contributed by atoms with Gasteiger partial charge in [0.2, 0.25) is 0 Å². The van der Waals surface area contributed by atoms with Crippen LogP contribution in [-0.2, 0) is 0 Å². The van der Waals surface area contributed by atoms with Crippen molar-refractivity contribution in [1.29, 1.82) is 0 Å². The Morgan fingerprint density at radius 1 is 0.781 bits per heavy atom. The molecular formula is C27H40F4O. The largest absolute Gasteiger partial charge is 0.457 e. The van der Waals surface area contributed by atoms with E-state index in [4.69, 9.17) is 0 Å². The Kier molecular flexibility index (Phi) is 9.73. The van der Waals surface area contributed by atoms with Crippen molar-refractivity contribution in [3.8, 4) is 5.75 Å². The highest BCUT2D eigenvalue weighted by molar-refractivity contribution is 5.30. The van der Waals surface area contributed by atoms with Crippen molar-refractivity contribution in [2.75, 3.05) is 0 Å². The lowest BCUT2D eigenvalue weighted by Crippen LogP contribution is -2.29. The Morgan fingerprint density at radius 2 is 1.28 bits per heavy atom. The van der Waals surface area contributed by atoms with E-state index >= 15 is 0 Å². The van der Waals surface area contributed by atoms with Crippen LogP contribution in [0.5, 0.6) is 5.75 Å². The van der Waals surface area contributed by atoms with Gasteiger partial charge < -0.3 is 4.74 Å². The first kappa shape index (κ1) is 25.4. The second-order valence-electron chi connectivity index (χ2n) is 10.2. The summed E-state index contributed by atoms with van der Waals surface area (Å²) in [5.41, 5.74) is 1.12. The van der Waals surface area contributed by atoms with Gasteiger partial charge in [0.05, 0.1) is 0 Å². The van der Waals surface area contributed by atoms with E-state index in [1.54, 1.807) is 12.1 Å². The molecule has 2 aliphatic carbocycles. The first-order chi connectivity index (χ1) is 15.3. The summed E-state index contributed by atoms with van der Waals surface area (Å²) in [6, 6.07) is 6.50. The van der Waals surface area contributed by atoms with Crippen LogP contribution < -0.4 is 4.74 Å². The molecule has 1 nitrogen and oxygen atoms in total. The van der Waals surface area contributed by atoms with Crippen molar-refractivity contribution in [3.05, 3.63) is 29.8 Å². The van der Waals surface area contributed by atoms with Gasteiger partial charge >= 0.3 is 12.5 Å². The molecule has 1 aromatic rings. The molecule has 1 aromatic carbocycles. The number of alkyl halides is 4. The minimum Gasteiger partial charge on any atom is -0.452 e. The Morgan fingerprint density at radius 3 is 1.78 bits per heavy atom. The van der Waals surface area contributed by atoms with Crippen molar-refractivity contribution in [1.82, 2.24) is 0 Å². The summed E-state index contributed by atoms with van der Waals surface area (Å²) in [6.07, 6.45) is 10.5. The van der Waals surface area contributed by atoms with E-state index in [1.807, 2.05) is 0 Å². The van der Waals surface area contributed by atoms with E-state index in [-0.39, 0.29) is 5.75 Å². The zero-order chi connectivity index (χ0) is 23.0. The van der Waals surface area contributed by atoms with Gasteiger partial charge in [-0.25, -0.2) is 0 Å². The van der Waals surface area contributed by atoms with Crippen LogP contribution in [0.1, 0.15) is 108 Å². The molecule has 2 aliphatic rings. The number of hydrogen-bond donors (Lipinski definition) is 0. The van der Waals surface area contributed by atoms with Gasteiger partial charge in [-0.1, -0.05) is 83.3 Å². The maximum Gasteiger partial charge on any atom is 0.457 e. The number of halogens is 4.